The van der Waals surface area contributed by atoms with Gasteiger partial charge in [0.05, 0.1) is 0 Å². The number of hydrogen-bond acceptors (Lipinski definition) is 2. The summed E-state index contributed by atoms with van der Waals surface area (Å²) in [6.07, 6.45) is 0. The van der Waals surface area contributed by atoms with Gasteiger partial charge in [0.2, 0.25) is 0 Å². The average molecular weight is 293 g/mol. The average Bonchev–Trinajstić information content (AvgIpc) is 2.52. The zero-order chi connectivity index (χ0) is 16.1. The van der Waals surface area contributed by atoms with Crippen LogP contribution in [0.1, 0.15) is 29.7 Å². The van der Waals surface area contributed by atoms with E-state index in [1.807, 2.05) is 49.4 Å². The van der Waals surface area contributed by atoms with Crippen molar-refractivity contribution in [2.75, 3.05) is 0 Å². The highest BCUT2D eigenvalue weighted by molar-refractivity contribution is 5.81. The van der Waals surface area contributed by atoms with Crippen molar-refractivity contribution in [3.63, 3.8) is 0 Å². The highest BCUT2D eigenvalue weighted by Crippen LogP contribution is 2.24. The number of allylic oxidation sites excluding steroid dienone is 1. The van der Waals surface area contributed by atoms with E-state index >= 15 is 0 Å². The monoisotopic (exact) mass is 293 g/mol. The first kappa shape index (κ1) is 15.6. The predicted molar refractivity (Wildman–Crippen MR) is 90.1 cm³/mol. The molecule has 0 saturated heterocycles. The maximum atomic E-state index is 11.6. The minimum Gasteiger partial charge on any atom is -0.479 e. The van der Waals surface area contributed by atoms with Crippen molar-refractivity contribution in [2.45, 2.75) is 13.0 Å². The molecule has 0 bridgehead atoms. The number of benzene rings is 2. The number of aliphatic carboxylic acids is 1. The molecule has 0 aliphatic carbocycles. The van der Waals surface area contributed by atoms with Crippen LogP contribution in [0, 0.1) is 0 Å². The lowest BCUT2D eigenvalue weighted by atomic mass is 9.99. The van der Waals surface area contributed by atoms with Gasteiger partial charge in [-0.1, -0.05) is 73.3 Å². The van der Waals surface area contributed by atoms with E-state index in [2.05, 4.69) is 18.5 Å². The molecule has 0 aromatic heterocycles. The minimum absolute atomic E-state index is 0.565. The molecule has 0 aliphatic heterocycles. The maximum Gasteiger partial charge on any atom is 0.330 e. The van der Waals surface area contributed by atoms with Gasteiger partial charge < -0.3 is 10.4 Å². The Morgan fingerprint density at radius 1 is 1.00 bits per heavy atom. The molecule has 112 valence electrons. The Morgan fingerprint density at radius 3 is 2.09 bits per heavy atom. The fourth-order valence-electron chi connectivity index (χ4n) is 2.30. The molecule has 1 unspecified atom stereocenters. The number of nitrogens with one attached hydrogen (secondary N) is 1. The van der Waals surface area contributed by atoms with Crippen LogP contribution < -0.4 is 5.32 Å². The van der Waals surface area contributed by atoms with Crippen LogP contribution in [0.2, 0.25) is 0 Å². The highest BCUT2D eigenvalue weighted by atomic mass is 16.4. The first-order chi connectivity index (χ1) is 10.5. The molecule has 0 radical (unpaired) electrons. The lowest BCUT2D eigenvalue weighted by molar-refractivity contribution is -0.139. The zero-order valence-corrected chi connectivity index (χ0v) is 12.5. The van der Waals surface area contributed by atoms with E-state index in [1.54, 1.807) is 12.1 Å². The van der Waals surface area contributed by atoms with E-state index < -0.39 is 12.0 Å². The molecule has 22 heavy (non-hydrogen) atoms. The van der Waals surface area contributed by atoms with Crippen molar-refractivity contribution in [3.8, 4) is 0 Å². The Bertz CT molecular complexity index is 704. The van der Waals surface area contributed by atoms with Crippen molar-refractivity contribution in [1.29, 1.82) is 0 Å². The van der Waals surface area contributed by atoms with Gasteiger partial charge in [-0.15, -0.1) is 0 Å². The molecule has 0 spiro atoms. The number of hydrogen-bond donors (Lipinski definition) is 2. The molecule has 2 aromatic carbocycles. The third-order valence-corrected chi connectivity index (χ3v) is 3.41. The molecular formula is C19H19NO2. The SMILES string of the molecule is C=C(C)c1ccccc1C(=C)NC(C(=O)O)c1ccccc1. The predicted octanol–water partition coefficient (Wildman–Crippen LogP) is 4.11. The van der Waals surface area contributed by atoms with Crippen LogP contribution in [-0.2, 0) is 4.79 Å². The summed E-state index contributed by atoms with van der Waals surface area (Å²) in [6, 6.07) is 15.9. The van der Waals surface area contributed by atoms with Crippen LogP contribution in [0.5, 0.6) is 0 Å². The second-order valence-electron chi connectivity index (χ2n) is 5.13. The molecule has 0 heterocycles. The van der Waals surface area contributed by atoms with Gasteiger partial charge >= 0.3 is 5.97 Å². The standard InChI is InChI=1S/C19H19NO2/c1-13(2)16-11-7-8-12-17(16)14(3)20-18(19(21)22)15-9-5-4-6-10-15/h4-12,18,20H,1,3H2,2H3,(H,21,22). The summed E-state index contributed by atoms with van der Waals surface area (Å²) >= 11 is 0. The zero-order valence-electron chi connectivity index (χ0n) is 12.5. The molecule has 0 fully saturated rings. The normalized spacial score (nSPS) is 11.5. The van der Waals surface area contributed by atoms with Gasteiger partial charge in [0.15, 0.2) is 6.04 Å². The van der Waals surface area contributed by atoms with E-state index in [0.717, 1.165) is 16.7 Å². The van der Waals surface area contributed by atoms with E-state index in [4.69, 9.17) is 0 Å². The van der Waals surface area contributed by atoms with Gasteiger partial charge in [0, 0.05) is 11.3 Å². The molecule has 3 nitrogen and oxygen atoms in total. The smallest absolute Gasteiger partial charge is 0.330 e. The summed E-state index contributed by atoms with van der Waals surface area (Å²) in [4.78, 5) is 11.6. The third kappa shape index (κ3) is 3.44. The van der Waals surface area contributed by atoms with E-state index in [-0.39, 0.29) is 0 Å². The Balaban J connectivity index is 2.30. The van der Waals surface area contributed by atoms with Crippen molar-refractivity contribution in [1.82, 2.24) is 5.32 Å². The van der Waals surface area contributed by atoms with Crippen molar-refractivity contribution < 1.29 is 9.90 Å². The molecule has 2 aromatic rings. The minimum atomic E-state index is -0.944. The van der Waals surface area contributed by atoms with Gasteiger partial charge in [-0.25, -0.2) is 4.79 Å². The summed E-state index contributed by atoms with van der Waals surface area (Å²) in [5, 5.41) is 12.5. The Hall–Kier alpha value is -2.81. The number of rotatable bonds is 6. The molecule has 2 rings (SSSR count). The molecule has 0 amide bonds. The Labute approximate surface area is 130 Å². The fraction of sp³-hybridized carbons (Fsp3) is 0.105. The summed E-state index contributed by atoms with van der Waals surface area (Å²) < 4.78 is 0. The van der Waals surface area contributed by atoms with Crippen LogP contribution in [-0.4, -0.2) is 11.1 Å². The van der Waals surface area contributed by atoms with Gasteiger partial charge in [-0.3, -0.25) is 0 Å². The lowest BCUT2D eigenvalue weighted by Gasteiger charge is -2.20. The summed E-state index contributed by atoms with van der Waals surface area (Å²) in [6.45, 7) is 9.87. The van der Waals surface area contributed by atoms with Crippen molar-refractivity contribution >= 4 is 17.2 Å². The highest BCUT2D eigenvalue weighted by Gasteiger charge is 2.20. The molecule has 3 heteroatoms. The quantitative estimate of drug-likeness (QED) is 0.842. The van der Waals surface area contributed by atoms with Gasteiger partial charge in [-0.05, 0) is 18.1 Å². The van der Waals surface area contributed by atoms with Crippen LogP contribution in [0.3, 0.4) is 0 Å². The summed E-state index contributed by atoms with van der Waals surface area (Å²) in [5.74, 6) is -0.944. The summed E-state index contributed by atoms with van der Waals surface area (Å²) in [7, 11) is 0. The third-order valence-electron chi connectivity index (χ3n) is 3.41. The first-order valence-corrected chi connectivity index (χ1v) is 6.99. The van der Waals surface area contributed by atoms with Crippen LogP contribution in [0.15, 0.2) is 67.8 Å². The first-order valence-electron chi connectivity index (χ1n) is 6.99. The van der Waals surface area contributed by atoms with Crippen molar-refractivity contribution in [3.05, 3.63) is 84.4 Å². The molecular weight excluding hydrogens is 274 g/mol. The molecule has 1 atom stereocenters. The van der Waals surface area contributed by atoms with Crippen LogP contribution in [0.25, 0.3) is 11.3 Å². The maximum absolute atomic E-state index is 11.6. The van der Waals surface area contributed by atoms with Crippen LogP contribution in [0.4, 0.5) is 0 Å². The Morgan fingerprint density at radius 2 is 1.55 bits per heavy atom. The van der Waals surface area contributed by atoms with Gasteiger partial charge in [-0.2, -0.15) is 0 Å². The summed E-state index contributed by atoms with van der Waals surface area (Å²) in [5.41, 5.74) is 3.97. The number of carboxylic acid groups (broad SMARTS) is 1. The Kier molecular flexibility index (Phi) is 4.79. The van der Waals surface area contributed by atoms with E-state index in [1.165, 1.54) is 0 Å². The molecule has 0 saturated carbocycles. The van der Waals surface area contributed by atoms with E-state index in [0.29, 0.717) is 11.3 Å². The van der Waals surface area contributed by atoms with E-state index in [9.17, 15) is 9.90 Å². The van der Waals surface area contributed by atoms with Gasteiger partial charge in [0.1, 0.15) is 0 Å². The topological polar surface area (TPSA) is 49.3 Å². The number of carbonyl (C=O) groups is 1. The lowest BCUT2D eigenvalue weighted by Crippen LogP contribution is -2.27. The number of carboxylic acids is 1. The molecule has 0 aliphatic rings. The second-order valence-corrected chi connectivity index (χ2v) is 5.13. The second kappa shape index (κ2) is 6.76. The van der Waals surface area contributed by atoms with Crippen LogP contribution >= 0.6 is 0 Å². The van der Waals surface area contributed by atoms with Crippen molar-refractivity contribution in [2.24, 2.45) is 0 Å². The van der Waals surface area contributed by atoms with Gasteiger partial charge in [0.25, 0.3) is 0 Å². The molecule has 2 N–H and O–H groups in total. The largest absolute Gasteiger partial charge is 0.479 e. The fourth-order valence-corrected chi connectivity index (χ4v) is 2.30.